The largest absolute Gasteiger partial charge is 0.208 e. The minimum Gasteiger partial charge on any atom is -0.208 e. The first kappa shape index (κ1) is 29.1. The lowest BCUT2D eigenvalue weighted by Crippen LogP contribution is -2.17. The van der Waals surface area contributed by atoms with Gasteiger partial charge < -0.3 is 0 Å². The lowest BCUT2D eigenvalue weighted by molar-refractivity contribution is 0.656. The Morgan fingerprint density at radius 1 is 0.500 bits per heavy atom. The van der Waals surface area contributed by atoms with Gasteiger partial charge in [-0.15, -0.1) is 0 Å². The Labute approximate surface area is 271 Å². The fraction of sp³-hybridized carbons (Fsp3) is 0.0930. The molecule has 7 rings (SSSR count). The maximum Gasteiger partial charge on any atom is 0.164 e. The summed E-state index contributed by atoms with van der Waals surface area (Å²) in [6, 6.07) is 44.1. The van der Waals surface area contributed by atoms with Gasteiger partial charge in [0, 0.05) is 22.1 Å². The zero-order chi connectivity index (χ0) is 31.7. The van der Waals surface area contributed by atoms with Crippen LogP contribution in [0.4, 0.5) is 0 Å². The molecular weight excluding hydrogens is 558 g/mol. The number of hydrogen-bond donors (Lipinski definition) is 0. The average Bonchev–Trinajstić information content (AvgIpc) is 3.34. The van der Waals surface area contributed by atoms with Crippen molar-refractivity contribution in [2.24, 2.45) is 0 Å². The fourth-order valence-corrected chi connectivity index (χ4v) is 6.58. The van der Waals surface area contributed by atoms with Crippen LogP contribution < -0.4 is 0 Å². The Morgan fingerprint density at radius 2 is 0.935 bits per heavy atom. The molecule has 0 fully saturated rings. The van der Waals surface area contributed by atoms with Gasteiger partial charge in [-0.1, -0.05) is 166 Å². The van der Waals surface area contributed by atoms with Gasteiger partial charge in [0.05, 0.1) is 0 Å². The molecule has 0 amide bonds. The van der Waals surface area contributed by atoms with Crippen LogP contribution in [0.3, 0.4) is 0 Å². The van der Waals surface area contributed by atoms with Crippen LogP contribution in [-0.2, 0) is 5.41 Å². The SMILES string of the molecule is C=CC1=C(/C=C\C)C(C)(C)c2c1cccc2-c1ccc(-c2nc(-c3ccccc3)nc(-c3ccc(-c4ccccc4)cc3)n2)cc1. The van der Waals surface area contributed by atoms with Crippen LogP contribution in [0.1, 0.15) is 31.9 Å². The summed E-state index contributed by atoms with van der Waals surface area (Å²) in [5.41, 5.74) is 12.5. The van der Waals surface area contributed by atoms with E-state index in [4.69, 9.17) is 15.0 Å². The zero-order valence-electron chi connectivity index (χ0n) is 26.4. The minimum absolute atomic E-state index is 0.148. The summed E-state index contributed by atoms with van der Waals surface area (Å²) in [6.07, 6.45) is 6.33. The van der Waals surface area contributed by atoms with Gasteiger partial charge in [0.15, 0.2) is 17.5 Å². The van der Waals surface area contributed by atoms with E-state index in [0.717, 1.165) is 27.8 Å². The molecule has 46 heavy (non-hydrogen) atoms. The van der Waals surface area contributed by atoms with Crippen LogP contribution in [0.25, 0.3) is 62.0 Å². The highest BCUT2D eigenvalue weighted by atomic mass is 15.0. The van der Waals surface area contributed by atoms with Crippen molar-refractivity contribution < 1.29 is 0 Å². The average molecular weight is 594 g/mol. The Kier molecular flexibility index (Phi) is 7.60. The summed E-state index contributed by atoms with van der Waals surface area (Å²) >= 11 is 0. The Morgan fingerprint density at radius 3 is 1.46 bits per heavy atom. The lowest BCUT2D eigenvalue weighted by Gasteiger charge is -2.26. The molecule has 0 saturated heterocycles. The summed E-state index contributed by atoms with van der Waals surface area (Å²) < 4.78 is 0. The molecule has 3 heteroatoms. The molecule has 0 aliphatic heterocycles. The van der Waals surface area contributed by atoms with E-state index in [1.807, 2.05) is 42.5 Å². The summed E-state index contributed by atoms with van der Waals surface area (Å²) in [5.74, 6) is 1.95. The van der Waals surface area contributed by atoms with Crippen LogP contribution in [0.15, 0.2) is 158 Å². The van der Waals surface area contributed by atoms with Crippen LogP contribution >= 0.6 is 0 Å². The van der Waals surface area contributed by atoms with Gasteiger partial charge in [0.1, 0.15) is 0 Å². The highest BCUT2D eigenvalue weighted by molar-refractivity contribution is 5.92. The van der Waals surface area contributed by atoms with Crippen molar-refractivity contribution in [3.63, 3.8) is 0 Å². The highest BCUT2D eigenvalue weighted by Crippen LogP contribution is 2.51. The number of nitrogens with zero attached hydrogens (tertiary/aromatic N) is 3. The van der Waals surface area contributed by atoms with Crippen LogP contribution in [0, 0.1) is 0 Å². The molecule has 0 radical (unpaired) electrons. The molecule has 5 aromatic carbocycles. The van der Waals surface area contributed by atoms with Gasteiger partial charge in [0.2, 0.25) is 0 Å². The molecule has 0 unspecified atom stereocenters. The van der Waals surface area contributed by atoms with E-state index in [0.29, 0.717) is 17.5 Å². The molecular formula is C43H35N3. The first-order valence-corrected chi connectivity index (χ1v) is 15.7. The molecule has 1 heterocycles. The number of rotatable bonds is 7. The predicted molar refractivity (Wildman–Crippen MR) is 192 cm³/mol. The summed E-state index contributed by atoms with van der Waals surface area (Å²) in [5, 5.41) is 0. The highest BCUT2D eigenvalue weighted by Gasteiger charge is 2.37. The van der Waals surface area contributed by atoms with Crippen molar-refractivity contribution >= 4 is 5.57 Å². The second kappa shape index (κ2) is 12.0. The van der Waals surface area contributed by atoms with Crippen molar-refractivity contribution in [3.05, 3.63) is 169 Å². The lowest BCUT2D eigenvalue weighted by atomic mass is 9.77. The van der Waals surface area contributed by atoms with E-state index in [9.17, 15) is 0 Å². The predicted octanol–water partition coefficient (Wildman–Crippen LogP) is 11.0. The van der Waals surface area contributed by atoms with Crippen molar-refractivity contribution in [2.75, 3.05) is 0 Å². The molecule has 3 nitrogen and oxygen atoms in total. The number of hydrogen-bond acceptors (Lipinski definition) is 3. The number of aromatic nitrogens is 3. The Balaban J connectivity index is 1.29. The van der Waals surface area contributed by atoms with E-state index < -0.39 is 0 Å². The standard InChI is InChI=1S/C43H35N3/c1-5-14-38-35(6-2)37-20-13-19-36(39(37)43(38,3)4)31-23-27-34(28-24-31)42-45-40(32-17-11-8-12-18-32)44-41(46-42)33-25-21-30(22-26-33)29-15-9-7-10-16-29/h5-28H,2H2,1,3-4H3/b14-5-. The summed E-state index contributed by atoms with van der Waals surface area (Å²) in [4.78, 5) is 14.9. The summed E-state index contributed by atoms with van der Waals surface area (Å²) in [6.45, 7) is 10.8. The Hall–Kier alpha value is -5.67. The zero-order valence-corrected chi connectivity index (χ0v) is 26.4. The van der Waals surface area contributed by atoms with Gasteiger partial charge in [-0.25, -0.2) is 15.0 Å². The molecule has 0 spiro atoms. The third kappa shape index (κ3) is 5.20. The summed E-state index contributed by atoms with van der Waals surface area (Å²) in [7, 11) is 0. The second-order valence-corrected chi connectivity index (χ2v) is 12.1. The third-order valence-electron chi connectivity index (χ3n) is 8.85. The third-order valence-corrected chi connectivity index (χ3v) is 8.85. The molecule has 0 saturated carbocycles. The smallest absolute Gasteiger partial charge is 0.164 e. The van der Waals surface area contributed by atoms with Gasteiger partial charge >= 0.3 is 0 Å². The van der Waals surface area contributed by atoms with Crippen LogP contribution in [-0.4, -0.2) is 15.0 Å². The van der Waals surface area contributed by atoms with Gasteiger partial charge in [-0.3, -0.25) is 0 Å². The molecule has 1 aromatic heterocycles. The molecule has 0 N–H and O–H groups in total. The van der Waals surface area contributed by atoms with Gasteiger partial charge in [0.25, 0.3) is 0 Å². The van der Waals surface area contributed by atoms with Gasteiger partial charge in [-0.05, 0) is 51.5 Å². The molecule has 6 aromatic rings. The first-order chi connectivity index (χ1) is 22.5. The second-order valence-electron chi connectivity index (χ2n) is 12.1. The van der Waals surface area contributed by atoms with E-state index in [2.05, 4.69) is 130 Å². The van der Waals surface area contributed by atoms with Crippen molar-refractivity contribution in [1.29, 1.82) is 0 Å². The normalized spacial score (nSPS) is 13.6. The van der Waals surface area contributed by atoms with Crippen LogP contribution in [0.5, 0.6) is 0 Å². The van der Waals surface area contributed by atoms with Crippen molar-refractivity contribution in [2.45, 2.75) is 26.2 Å². The van der Waals surface area contributed by atoms with E-state index in [1.54, 1.807) is 0 Å². The molecule has 0 atom stereocenters. The monoisotopic (exact) mass is 593 g/mol. The van der Waals surface area contributed by atoms with Crippen molar-refractivity contribution in [3.8, 4) is 56.4 Å². The first-order valence-electron chi connectivity index (χ1n) is 15.7. The maximum absolute atomic E-state index is 4.99. The number of benzene rings is 5. The molecule has 1 aliphatic rings. The number of fused-ring (bicyclic) bond motifs is 1. The minimum atomic E-state index is -0.148. The fourth-order valence-electron chi connectivity index (χ4n) is 6.58. The van der Waals surface area contributed by atoms with Gasteiger partial charge in [-0.2, -0.15) is 0 Å². The van der Waals surface area contributed by atoms with Crippen LogP contribution in [0.2, 0.25) is 0 Å². The topological polar surface area (TPSA) is 38.7 Å². The maximum atomic E-state index is 4.99. The van der Waals surface area contributed by atoms with Crippen molar-refractivity contribution in [1.82, 2.24) is 15.0 Å². The van der Waals surface area contributed by atoms with E-state index in [1.165, 1.54) is 33.4 Å². The van der Waals surface area contributed by atoms with E-state index >= 15 is 0 Å². The Bertz CT molecular complexity index is 2100. The quantitative estimate of drug-likeness (QED) is 0.185. The molecule has 222 valence electrons. The number of allylic oxidation sites excluding steroid dienone is 5. The molecule has 0 bridgehead atoms. The van der Waals surface area contributed by atoms with E-state index in [-0.39, 0.29) is 5.41 Å². The molecule has 1 aliphatic carbocycles.